The zero-order valence-corrected chi connectivity index (χ0v) is 13.6. The van der Waals surface area contributed by atoms with Gasteiger partial charge in [-0.1, -0.05) is 0 Å². The van der Waals surface area contributed by atoms with Crippen LogP contribution in [0.4, 0.5) is 0 Å². The number of aryl methyl sites for hydroxylation is 1. The van der Waals surface area contributed by atoms with Crippen molar-refractivity contribution in [3.05, 3.63) is 52.2 Å². The molecule has 0 aromatic carbocycles. The summed E-state index contributed by atoms with van der Waals surface area (Å²) in [5.74, 6) is -0.164. The molecular formula is C17H22N4O2. The molecule has 3 heterocycles. The predicted octanol–water partition coefficient (Wildman–Crippen LogP) is 1.59. The van der Waals surface area contributed by atoms with Crippen LogP contribution in [0.15, 0.2) is 35.4 Å². The van der Waals surface area contributed by atoms with Gasteiger partial charge in [0.2, 0.25) is 0 Å². The second-order valence-corrected chi connectivity index (χ2v) is 6.13. The van der Waals surface area contributed by atoms with E-state index >= 15 is 0 Å². The van der Waals surface area contributed by atoms with Gasteiger partial charge in [-0.2, -0.15) is 5.10 Å². The Balaban J connectivity index is 1.87. The Morgan fingerprint density at radius 3 is 2.91 bits per heavy atom. The van der Waals surface area contributed by atoms with E-state index < -0.39 is 0 Å². The van der Waals surface area contributed by atoms with Crippen molar-refractivity contribution in [1.82, 2.24) is 19.2 Å². The number of carbonyl (C=O) groups is 1. The summed E-state index contributed by atoms with van der Waals surface area (Å²) in [5.41, 5.74) is 0.877. The van der Waals surface area contributed by atoms with Crippen molar-refractivity contribution in [1.29, 1.82) is 0 Å². The van der Waals surface area contributed by atoms with Crippen LogP contribution in [0, 0.1) is 6.92 Å². The van der Waals surface area contributed by atoms with Crippen molar-refractivity contribution in [2.75, 3.05) is 6.54 Å². The number of piperidine rings is 1. The number of carbonyl (C=O) groups excluding carboxylic acids is 1. The molecule has 0 saturated carbocycles. The summed E-state index contributed by atoms with van der Waals surface area (Å²) < 4.78 is 3.38. The van der Waals surface area contributed by atoms with Gasteiger partial charge in [0, 0.05) is 31.7 Å². The Kier molecular flexibility index (Phi) is 4.32. The van der Waals surface area contributed by atoms with Gasteiger partial charge in [-0.3, -0.25) is 14.3 Å². The molecule has 0 spiro atoms. The van der Waals surface area contributed by atoms with E-state index in [9.17, 15) is 9.59 Å². The van der Waals surface area contributed by atoms with Crippen molar-refractivity contribution in [3.8, 4) is 0 Å². The first-order valence-corrected chi connectivity index (χ1v) is 8.03. The summed E-state index contributed by atoms with van der Waals surface area (Å²) >= 11 is 0. The Labute approximate surface area is 135 Å². The third-order valence-corrected chi connectivity index (χ3v) is 4.63. The van der Waals surface area contributed by atoms with Gasteiger partial charge in [0.25, 0.3) is 11.5 Å². The van der Waals surface area contributed by atoms with Gasteiger partial charge < -0.3 is 9.47 Å². The minimum absolute atomic E-state index is 0.0853. The van der Waals surface area contributed by atoms with Crippen molar-refractivity contribution >= 4 is 5.91 Å². The lowest BCUT2D eigenvalue weighted by molar-refractivity contribution is 0.0581. The number of hydrogen-bond donors (Lipinski definition) is 0. The average molecular weight is 314 g/mol. The fourth-order valence-corrected chi connectivity index (χ4v) is 3.13. The minimum Gasteiger partial charge on any atom is -0.334 e. The molecule has 0 radical (unpaired) electrons. The van der Waals surface area contributed by atoms with Crippen LogP contribution in [0.3, 0.4) is 0 Å². The standard InChI is InChI=1S/C17H22N4O2/c1-13-7-8-15(16(22)19(13)2)17(23)21-11-4-3-6-14(21)12-20-10-5-9-18-20/h5,7-10,14H,3-4,6,11-12H2,1-2H3/t14-/m1/s1. The SMILES string of the molecule is Cc1ccc(C(=O)N2CCCC[C@@H]2Cn2cccn2)c(=O)n1C. The largest absolute Gasteiger partial charge is 0.334 e. The molecule has 1 saturated heterocycles. The van der Waals surface area contributed by atoms with Gasteiger partial charge in [-0.05, 0) is 44.4 Å². The summed E-state index contributed by atoms with van der Waals surface area (Å²) in [6.45, 7) is 3.23. The lowest BCUT2D eigenvalue weighted by Crippen LogP contribution is -2.47. The molecule has 2 aromatic heterocycles. The molecule has 2 aromatic rings. The summed E-state index contributed by atoms with van der Waals surface area (Å²) in [5, 5.41) is 4.23. The van der Waals surface area contributed by atoms with Crippen LogP contribution in [-0.4, -0.2) is 37.7 Å². The van der Waals surface area contributed by atoms with E-state index in [2.05, 4.69) is 5.10 Å². The maximum absolute atomic E-state index is 12.9. The zero-order valence-electron chi connectivity index (χ0n) is 13.6. The summed E-state index contributed by atoms with van der Waals surface area (Å²) in [6.07, 6.45) is 6.67. The van der Waals surface area contributed by atoms with E-state index in [1.54, 1.807) is 19.3 Å². The van der Waals surface area contributed by atoms with Gasteiger partial charge in [-0.15, -0.1) is 0 Å². The van der Waals surface area contributed by atoms with Crippen LogP contribution < -0.4 is 5.56 Å². The van der Waals surface area contributed by atoms with Crippen LogP contribution in [0.1, 0.15) is 35.3 Å². The first-order valence-electron chi connectivity index (χ1n) is 8.03. The van der Waals surface area contributed by atoms with E-state index in [4.69, 9.17) is 0 Å². The van der Waals surface area contributed by atoms with E-state index in [1.807, 2.05) is 34.8 Å². The summed E-state index contributed by atoms with van der Waals surface area (Å²) in [7, 11) is 1.70. The fourth-order valence-electron chi connectivity index (χ4n) is 3.13. The highest BCUT2D eigenvalue weighted by Crippen LogP contribution is 2.20. The smallest absolute Gasteiger partial charge is 0.263 e. The molecule has 3 rings (SSSR count). The minimum atomic E-state index is -0.224. The molecule has 1 amide bonds. The number of amides is 1. The highest BCUT2D eigenvalue weighted by atomic mass is 16.2. The molecule has 1 aliphatic rings. The van der Waals surface area contributed by atoms with Gasteiger partial charge in [-0.25, -0.2) is 0 Å². The second kappa shape index (κ2) is 6.40. The van der Waals surface area contributed by atoms with Gasteiger partial charge in [0.1, 0.15) is 5.56 Å². The number of rotatable bonds is 3. The van der Waals surface area contributed by atoms with E-state index in [0.29, 0.717) is 13.1 Å². The zero-order chi connectivity index (χ0) is 16.4. The highest BCUT2D eigenvalue weighted by Gasteiger charge is 2.29. The van der Waals surface area contributed by atoms with Crippen LogP contribution in [0.25, 0.3) is 0 Å². The molecular weight excluding hydrogens is 292 g/mol. The number of likely N-dealkylation sites (tertiary alicyclic amines) is 1. The molecule has 6 heteroatoms. The Morgan fingerprint density at radius 2 is 2.17 bits per heavy atom. The molecule has 1 aliphatic heterocycles. The summed E-state index contributed by atoms with van der Waals surface area (Å²) in [6, 6.07) is 5.44. The normalized spacial score (nSPS) is 18.2. The van der Waals surface area contributed by atoms with Crippen LogP contribution >= 0.6 is 0 Å². The molecule has 0 N–H and O–H groups in total. The van der Waals surface area contributed by atoms with Crippen LogP contribution in [-0.2, 0) is 13.6 Å². The first kappa shape index (κ1) is 15.5. The lowest BCUT2D eigenvalue weighted by atomic mass is 10.0. The number of nitrogens with zero attached hydrogens (tertiary/aromatic N) is 4. The summed E-state index contributed by atoms with van der Waals surface area (Å²) in [4.78, 5) is 27.1. The van der Waals surface area contributed by atoms with Gasteiger partial charge in [0.15, 0.2) is 0 Å². The average Bonchev–Trinajstić information content (AvgIpc) is 3.06. The van der Waals surface area contributed by atoms with Gasteiger partial charge in [0.05, 0.1) is 12.6 Å². The van der Waals surface area contributed by atoms with E-state index in [0.717, 1.165) is 25.0 Å². The Hall–Kier alpha value is -2.37. The Morgan fingerprint density at radius 1 is 1.35 bits per heavy atom. The van der Waals surface area contributed by atoms with Crippen molar-refractivity contribution in [2.24, 2.45) is 7.05 Å². The van der Waals surface area contributed by atoms with E-state index in [1.165, 1.54) is 4.57 Å². The lowest BCUT2D eigenvalue weighted by Gasteiger charge is -2.35. The molecule has 1 atom stereocenters. The molecule has 0 unspecified atom stereocenters. The van der Waals surface area contributed by atoms with Crippen molar-refractivity contribution in [2.45, 2.75) is 38.8 Å². The second-order valence-electron chi connectivity index (χ2n) is 6.13. The molecule has 122 valence electrons. The predicted molar refractivity (Wildman–Crippen MR) is 87.3 cm³/mol. The van der Waals surface area contributed by atoms with E-state index in [-0.39, 0.29) is 23.1 Å². The third-order valence-electron chi connectivity index (χ3n) is 4.63. The molecule has 0 bridgehead atoms. The molecule has 6 nitrogen and oxygen atoms in total. The fraction of sp³-hybridized carbons (Fsp3) is 0.471. The quantitative estimate of drug-likeness (QED) is 0.864. The molecule has 23 heavy (non-hydrogen) atoms. The van der Waals surface area contributed by atoms with Crippen LogP contribution in [0.2, 0.25) is 0 Å². The number of hydrogen-bond acceptors (Lipinski definition) is 3. The Bertz CT molecular complexity index is 748. The topological polar surface area (TPSA) is 60.1 Å². The van der Waals surface area contributed by atoms with Crippen molar-refractivity contribution in [3.63, 3.8) is 0 Å². The number of aromatic nitrogens is 3. The number of pyridine rings is 1. The van der Waals surface area contributed by atoms with Crippen LogP contribution in [0.5, 0.6) is 0 Å². The maximum Gasteiger partial charge on any atom is 0.263 e. The van der Waals surface area contributed by atoms with Gasteiger partial charge >= 0.3 is 0 Å². The highest BCUT2D eigenvalue weighted by molar-refractivity contribution is 5.94. The first-order chi connectivity index (χ1) is 11.1. The van der Waals surface area contributed by atoms with Crippen molar-refractivity contribution < 1.29 is 4.79 Å². The maximum atomic E-state index is 12.9. The monoisotopic (exact) mass is 314 g/mol. The molecule has 0 aliphatic carbocycles. The molecule has 1 fully saturated rings. The third kappa shape index (κ3) is 3.06.